The van der Waals surface area contributed by atoms with Crippen molar-refractivity contribution in [2.24, 2.45) is 7.05 Å². The first kappa shape index (κ1) is 23.5. The third-order valence-electron chi connectivity index (χ3n) is 6.26. The van der Waals surface area contributed by atoms with Crippen LogP contribution >= 0.6 is 0 Å². The van der Waals surface area contributed by atoms with Crippen LogP contribution in [0.15, 0.2) is 88.6 Å². The van der Waals surface area contributed by atoms with E-state index >= 15 is 0 Å². The lowest BCUT2D eigenvalue weighted by atomic mass is 10.0. The van der Waals surface area contributed by atoms with Crippen molar-refractivity contribution in [3.8, 4) is 16.9 Å². The zero-order valence-corrected chi connectivity index (χ0v) is 20.2. The number of rotatable bonds is 5. The first-order valence-electron chi connectivity index (χ1n) is 11.6. The fraction of sp³-hybridized carbons (Fsp3) is 0.107. The lowest BCUT2D eigenvalue weighted by Crippen LogP contribution is -2.26. The first-order chi connectivity index (χ1) is 17.9. The quantitative estimate of drug-likeness (QED) is 0.353. The number of nitrogen functional groups attached to an aromatic ring is 1. The summed E-state index contributed by atoms with van der Waals surface area (Å²) in [6.07, 6.45) is 1.37. The van der Waals surface area contributed by atoms with Gasteiger partial charge in [0.2, 0.25) is 11.6 Å². The molecule has 3 heterocycles. The van der Waals surface area contributed by atoms with E-state index in [1.54, 1.807) is 17.7 Å². The second-order valence-electron chi connectivity index (χ2n) is 8.56. The molecule has 1 atom stereocenters. The summed E-state index contributed by atoms with van der Waals surface area (Å²) in [4.78, 5) is 38.1. The lowest BCUT2D eigenvalue weighted by molar-refractivity contribution is 0.773. The standard InChI is InChI=1S/C28H23N7O2/c1-17(32-26-21(30-2)16-31-28(29)33-26)23-15-18-9-7-12-20(22-13-8-14-24(36)34(22)3)25(18)27(37)35(23)19-10-5-4-6-11-19/h4-17H,1,3H3,(H3,29,31,32,33)/t17-/m0/s1. The number of anilines is 2. The molecule has 2 aromatic carbocycles. The average molecular weight is 490 g/mol. The van der Waals surface area contributed by atoms with Crippen molar-refractivity contribution in [1.29, 1.82) is 0 Å². The van der Waals surface area contributed by atoms with E-state index in [0.717, 1.165) is 5.39 Å². The van der Waals surface area contributed by atoms with E-state index in [1.807, 2.05) is 67.6 Å². The number of fused-ring (bicyclic) bond motifs is 1. The number of nitrogens with one attached hydrogen (secondary N) is 1. The van der Waals surface area contributed by atoms with Crippen LogP contribution in [0.4, 0.5) is 17.5 Å². The van der Waals surface area contributed by atoms with Crippen molar-refractivity contribution in [2.75, 3.05) is 11.1 Å². The summed E-state index contributed by atoms with van der Waals surface area (Å²) in [5, 5.41) is 4.45. The van der Waals surface area contributed by atoms with Gasteiger partial charge in [0.1, 0.15) is 5.82 Å². The third-order valence-corrected chi connectivity index (χ3v) is 6.26. The molecule has 9 nitrogen and oxygen atoms in total. The fourth-order valence-electron chi connectivity index (χ4n) is 4.45. The van der Waals surface area contributed by atoms with Gasteiger partial charge < -0.3 is 15.6 Å². The van der Waals surface area contributed by atoms with Gasteiger partial charge in [-0.15, -0.1) is 0 Å². The summed E-state index contributed by atoms with van der Waals surface area (Å²) in [5.74, 6) is 0.328. The molecule has 0 bridgehead atoms. The molecule has 0 fully saturated rings. The van der Waals surface area contributed by atoms with Gasteiger partial charge in [-0.3, -0.25) is 14.2 Å². The molecule has 0 radical (unpaired) electrons. The molecule has 37 heavy (non-hydrogen) atoms. The van der Waals surface area contributed by atoms with Gasteiger partial charge in [0.15, 0.2) is 0 Å². The Kier molecular flexibility index (Phi) is 5.99. The van der Waals surface area contributed by atoms with Crippen LogP contribution in [0.1, 0.15) is 18.7 Å². The number of benzene rings is 2. The Morgan fingerprint density at radius 2 is 1.78 bits per heavy atom. The summed E-state index contributed by atoms with van der Waals surface area (Å²) in [5.41, 5.74) is 8.26. The van der Waals surface area contributed by atoms with Crippen LogP contribution in [0, 0.1) is 6.57 Å². The molecule has 3 aromatic heterocycles. The highest BCUT2D eigenvalue weighted by Gasteiger charge is 2.20. The molecule has 0 saturated heterocycles. The van der Waals surface area contributed by atoms with Gasteiger partial charge in [-0.05, 0) is 36.6 Å². The Labute approximate surface area is 212 Å². The monoisotopic (exact) mass is 489 g/mol. The minimum absolute atomic E-state index is 0.0409. The number of hydrogen-bond donors (Lipinski definition) is 2. The molecule has 0 aliphatic carbocycles. The van der Waals surface area contributed by atoms with Gasteiger partial charge in [0.05, 0.1) is 23.7 Å². The van der Waals surface area contributed by atoms with Gasteiger partial charge in [-0.2, -0.15) is 0 Å². The van der Waals surface area contributed by atoms with Crippen LogP contribution in [0.3, 0.4) is 0 Å². The molecule has 0 saturated carbocycles. The average Bonchev–Trinajstić information content (AvgIpc) is 2.90. The van der Waals surface area contributed by atoms with Crippen molar-refractivity contribution >= 4 is 28.2 Å². The molecule has 5 aromatic rings. The summed E-state index contributed by atoms with van der Waals surface area (Å²) in [6.45, 7) is 9.33. The summed E-state index contributed by atoms with van der Waals surface area (Å²) < 4.78 is 3.18. The molecule has 0 amide bonds. The molecule has 0 aliphatic heterocycles. The molecule has 0 aliphatic rings. The molecular formula is C28H23N7O2. The summed E-state index contributed by atoms with van der Waals surface area (Å²) in [7, 11) is 1.69. The normalized spacial score (nSPS) is 11.7. The Hall–Kier alpha value is -5.23. The molecule has 5 rings (SSSR count). The molecular weight excluding hydrogens is 466 g/mol. The Balaban J connectivity index is 1.78. The zero-order chi connectivity index (χ0) is 26.1. The van der Waals surface area contributed by atoms with Crippen LogP contribution in [-0.2, 0) is 7.05 Å². The molecule has 0 unspecified atom stereocenters. The molecule has 9 heteroatoms. The van der Waals surface area contributed by atoms with E-state index in [2.05, 4.69) is 20.1 Å². The number of hydrogen-bond acceptors (Lipinski definition) is 6. The molecule has 3 N–H and O–H groups in total. The molecule has 0 spiro atoms. The second-order valence-corrected chi connectivity index (χ2v) is 8.56. The summed E-state index contributed by atoms with van der Waals surface area (Å²) >= 11 is 0. The highest BCUT2D eigenvalue weighted by molar-refractivity contribution is 5.96. The van der Waals surface area contributed by atoms with E-state index in [1.165, 1.54) is 16.8 Å². The number of nitrogens with two attached hydrogens (primary N) is 1. The Bertz CT molecular complexity index is 1800. The van der Waals surface area contributed by atoms with E-state index in [0.29, 0.717) is 28.0 Å². The number of aromatic nitrogens is 4. The van der Waals surface area contributed by atoms with E-state index in [4.69, 9.17) is 12.3 Å². The van der Waals surface area contributed by atoms with Gasteiger partial charge >= 0.3 is 0 Å². The van der Waals surface area contributed by atoms with Gasteiger partial charge in [0.25, 0.3) is 11.1 Å². The summed E-state index contributed by atoms with van der Waals surface area (Å²) in [6, 6.07) is 21.4. The lowest BCUT2D eigenvalue weighted by Gasteiger charge is -2.22. The predicted molar refractivity (Wildman–Crippen MR) is 145 cm³/mol. The Morgan fingerprint density at radius 1 is 1.03 bits per heavy atom. The van der Waals surface area contributed by atoms with E-state index in [-0.39, 0.29) is 28.6 Å². The van der Waals surface area contributed by atoms with E-state index in [9.17, 15) is 9.59 Å². The van der Waals surface area contributed by atoms with Crippen LogP contribution < -0.4 is 22.2 Å². The maximum absolute atomic E-state index is 14.2. The highest BCUT2D eigenvalue weighted by atomic mass is 16.1. The van der Waals surface area contributed by atoms with Gasteiger partial charge in [-0.25, -0.2) is 14.8 Å². The van der Waals surface area contributed by atoms with Crippen molar-refractivity contribution in [1.82, 2.24) is 19.1 Å². The van der Waals surface area contributed by atoms with Crippen molar-refractivity contribution in [3.63, 3.8) is 0 Å². The fourth-order valence-corrected chi connectivity index (χ4v) is 4.45. The maximum atomic E-state index is 14.2. The van der Waals surface area contributed by atoms with Crippen LogP contribution in [0.5, 0.6) is 0 Å². The topological polar surface area (TPSA) is 112 Å². The van der Waals surface area contributed by atoms with Crippen molar-refractivity contribution < 1.29 is 0 Å². The number of nitrogens with zero attached hydrogens (tertiary/aromatic N) is 5. The minimum atomic E-state index is -0.433. The van der Waals surface area contributed by atoms with Crippen molar-refractivity contribution in [3.05, 3.63) is 117 Å². The van der Waals surface area contributed by atoms with Gasteiger partial charge in [-0.1, -0.05) is 42.5 Å². The maximum Gasteiger partial charge on any atom is 0.263 e. The third kappa shape index (κ3) is 4.21. The SMILES string of the molecule is [C-]#[N+]c1cnc(N)nc1N[C@@H](C)c1cc2cccc(-c3cccc(=O)n3C)c2c(=O)n1-c1ccccc1. The second kappa shape index (κ2) is 9.43. The molecule has 182 valence electrons. The Morgan fingerprint density at radius 3 is 2.54 bits per heavy atom. The van der Waals surface area contributed by atoms with Crippen LogP contribution in [-0.4, -0.2) is 19.1 Å². The van der Waals surface area contributed by atoms with Gasteiger partial charge in [0, 0.05) is 36.3 Å². The van der Waals surface area contributed by atoms with Crippen LogP contribution in [0.2, 0.25) is 0 Å². The van der Waals surface area contributed by atoms with Crippen molar-refractivity contribution in [2.45, 2.75) is 13.0 Å². The largest absolute Gasteiger partial charge is 0.371 e. The number of pyridine rings is 2. The van der Waals surface area contributed by atoms with E-state index < -0.39 is 6.04 Å². The van der Waals surface area contributed by atoms with Crippen LogP contribution in [0.25, 0.3) is 32.6 Å². The first-order valence-corrected chi connectivity index (χ1v) is 11.6. The smallest absolute Gasteiger partial charge is 0.263 e. The minimum Gasteiger partial charge on any atom is -0.371 e. The zero-order valence-electron chi connectivity index (χ0n) is 20.2. The predicted octanol–water partition coefficient (Wildman–Crippen LogP) is 4.45. The number of para-hydroxylation sites is 1. The highest BCUT2D eigenvalue weighted by Crippen LogP contribution is 2.31.